The van der Waals surface area contributed by atoms with Gasteiger partial charge in [-0.3, -0.25) is 4.79 Å². The van der Waals surface area contributed by atoms with Gasteiger partial charge < -0.3 is 17.2 Å². The lowest BCUT2D eigenvalue weighted by Crippen LogP contribution is -2.14. The van der Waals surface area contributed by atoms with Crippen molar-refractivity contribution in [1.29, 1.82) is 0 Å². The van der Waals surface area contributed by atoms with E-state index >= 15 is 0 Å². The largest absolute Gasteiger partial charge is 0.397 e. The minimum absolute atomic E-state index is 0.262. The summed E-state index contributed by atoms with van der Waals surface area (Å²) in [6.45, 7) is 2.02. The van der Waals surface area contributed by atoms with Crippen LogP contribution in [0.1, 0.15) is 17.3 Å². The predicted octanol–water partition coefficient (Wildman–Crippen LogP) is 1.06. The Hall–Kier alpha value is -1.36. The summed E-state index contributed by atoms with van der Waals surface area (Å²) >= 11 is 1.59. The van der Waals surface area contributed by atoms with E-state index < -0.39 is 5.91 Å². The van der Waals surface area contributed by atoms with Gasteiger partial charge in [0, 0.05) is 4.90 Å². The van der Waals surface area contributed by atoms with Crippen molar-refractivity contribution in [3.05, 3.63) is 17.7 Å². The van der Waals surface area contributed by atoms with E-state index in [-0.39, 0.29) is 5.69 Å². The molecule has 0 aliphatic rings. The predicted molar refractivity (Wildman–Crippen MR) is 60.2 cm³/mol. The molecule has 0 aromatic heterocycles. The van der Waals surface area contributed by atoms with Crippen molar-refractivity contribution in [3.8, 4) is 0 Å². The van der Waals surface area contributed by atoms with Gasteiger partial charge in [0.25, 0.3) is 5.91 Å². The molecule has 1 rings (SSSR count). The molecule has 0 aliphatic carbocycles. The molecule has 14 heavy (non-hydrogen) atoms. The molecule has 6 N–H and O–H groups in total. The van der Waals surface area contributed by atoms with Crippen LogP contribution in [-0.2, 0) is 0 Å². The van der Waals surface area contributed by atoms with Crippen LogP contribution in [0.5, 0.6) is 0 Å². The van der Waals surface area contributed by atoms with Gasteiger partial charge in [0.2, 0.25) is 0 Å². The standard InChI is InChI=1S/C9H13N3OS/c1-2-14-5-3-6(9(12)13)8(11)7(10)4-5/h3-4H,2,10-11H2,1H3,(H2,12,13). The van der Waals surface area contributed by atoms with E-state index in [2.05, 4.69) is 0 Å². The smallest absolute Gasteiger partial charge is 0.250 e. The molecule has 4 nitrogen and oxygen atoms in total. The second kappa shape index (κ2) is 4.23. The van der Waals surface area contributed by atoms with Crippen LogP contribution in [0.3, 0.4) is 0 Å². The second-order valence-electron chi connectivity index (χ2n) is 2.77. The summed E-state index contributed by atoms with van der Waals surface area (Å²) in [6, 6.07) is 3.41. The highest BCUT2D eigenvalue weighted by molar-refractivity contribution is 7.99. The van der Waals surface area contributed by atoms with Crippen molar-refractivity contribution < 1.29 is 4.79 Å². The number of nitrogens with two attached hydrogens (primary N) is 3. The van der Waals surface area contributed by atoms with Crippen molar-refractivity contribution in [2.45, 2.75) is 11.8 Å². The fourth-order valence-electron chi connectivity index (χ4n) is 1.10. The normalized spacial score (nSPS) is 10.1. The van der Waals surface area contributed by atoms with Gasteiger partial charge in [0.05, 0.1) is 16.9 Å². The third-order valence-corrected chi connectivity index (χ3v) is 2.62. The lowest BCUT2D eigenvalue weighted by atomic mass is 10.1. The van der Waals surface area contributed by atoms with Crippen LogP contribution in [-0.4, -0.2) is 11.7 Å². The average molecular weight is 211 g/mol. The minimum atomic E-state index is -0.548. The number of primary amides is 1. The molecule has 0 unspecified atom stereocenters. The Bertz CT molecular complexity index is 365. The van der Waals surface area contributed by atoms with Gasteiger partial charge in [-0.2, -0.15) is 0 Å². The maximum atomic E-state index is 11.0. The molecular formula is C9H13N3OS. The van der Waals surface area contributed by atoms with Gasteiger partial charge in [-0.05, 0) is 17.9 Å². The number of benzene rings is 1. The number of anilines is 2. The van der Waals surface area contributed by atoms with Gasteiger partial charge >= 0.3 is 0 Å². The van der Waals surface area contributed by atoms with E-state index in [9.17, 15) is 4.79 Å². The number of carbonyl (C=O) groups excluding carboxylic acids is 1. The van der Waals surface area contributed by atoms with Crippen molar-refractivity contribution in [1.82, 2.24) is 0 Å². The molecule has 1 aromatic rings. The molecule has 0 saturated heterocycles. The Balaban J connectivity index is 3.21. The quantitative estimate of drug-likeness (QED) is 0.514. The van der Waals surface area contributed by atoms with Crippen LogP contribution in [0.2, 0.25) is 0 Å². The Labute approximate surface area is 86.8 Å². The molecule has 5 heteroatoms. The summed E-state index contributed by atoms with van der Waals surface area (Å²) < 4.78 is 0. The highest BCUT2D eigenvalue weighted by Gasteiger charge is 2.10. The molecule has 1 aromatic carbocycles. The molecule has 76 valence electrons. The lowest BCUT2D eigenvalue weighted by Gasteiger charge is -2.08. The van der Waals surface area contributed by atoms with Gasteiger partial charge in [-0.15, -0.1) is 11.8 Å². The highest BCUT2D eigenvalue weighted by Crippen LogP contribution is 2.28. The maximum absolute atomic E-state index is 11.0. The summed E-state index contributed by atoms with van der Waals surface area (Å²) in [5.41, 5.74) is 17.4. The first-order valence-corrected chi connectivity index (χ1v) is 5.16. The van der Waals surface area contributed by atoms with Crippen molar-refractivity contribution in [2.75, 3.05) is 17.2 Å². The Kier molecular flexibility index (Phi) is 3.24. The molecule has 0 heterocycles. The summed E-state index contributed by atoms with van der Waals surface area (Å²) in [5, 5.41) is 0. The van der Waals surface area contributed by atoms with Crippen molar-refractivity contribution in [3.63, 3.8) is 0 Å². The number of nitrogen functional groups attached to an aromatic ring is 2. The van der Waals surface area contributed by atoms with Gasteiger partial charge in [0.1, 0.15) is 0 Å². The number of rotatable bonds is 3. The number of amides is 1. The lowest BCUT2D eigenvalue weighted by molar-refractivity contribution is 0.100. The summed E-state index contributed by atoms with van der Waals surface area (Å²) in [7, 11) is 0. The zero-order valence-corrected chi connectivity index (χ0v) is 8.73. The molecule has 0 atom stereocenters. The van der Waals surface area contributed by atoms with Gasteiger partial charge in [-0.25, -0.2) is 0 Å². The third kappa shape index (κ3) is 2.11. The Morgan fingerprint density at radius 3 is 2.57 bits per heavy atom. The number of hydrogen-bond acceptors (Lipinski definition) is 4. The van der Waals surface area contributed by atoms with E-state index in [0.717, 1.165) is 10.6 Å². The monoisotopic (exact) mass is 211 g/mol. The van der Waals surface area contributed by atoms with Crippen LogP contribution < -0.4 is 17.2 Å². The summed E-state index contributed by atoms with van der Waals surface area (Å²) in [4.78, 5) is 11.9. The van der Waals surface area contributed by atoms with Gasteiger partial charge in [0.15, 0.2) is 0 Å². The van der Waals surface area contributed by atoms with Crippen LogP contribution >= 0.6 is 11.8 Å². The SMILES string of the molecule is CCSc1cc(N)c(N)c(C(N)=O)c1. The molecule has 1 amide bonds. The molecular weight excluding hydrogens is 198 g/mol. The molecule has 0 saturated carbocycles. The van der Waals surface area contributed by atoms with Crippen molar-refractivity contribution >= 4 is 29.0 Å². The topological polar surface area (TPSA) is 95.1 Å². The number of thioether (sulfide) groups is 1. The first kappa shape index (κ1) is 10.7. The van der Waals surface area contributed by atoms with E-state index in [0.29, 0.717) is 11.3 Å². The molecule has 0 aliphatic heterocycles. The first-order valence-electron chi connectivity index (χ1n) is 4.17. The van der Waals surface area contributed by atoms with Crippen LogP contribution in [0.25, 0.3) is 0 Å². The number of carbonyl (C=O) groups is 1. The fraction of sp³-hybridized carbons (Fsp3) is 0.222. The molecule has 0 fully saturated rings. The van der Waals surface area contributed by atoms with E-state index in [1.807, 2.05) is 6.92 Å². The zero-order valence-electron chi connectivity index (χ0n) is 7.91. The van der Waals surface area contributed by atoms with E-state index in [1.54, 1.807) is 23.9 Å². The Morgan fingerprint density at radius 1 is 1.43 bits per heavy atom. The first-order chi connectivity index (χ1) is 6.56. The molecule has 0 radical (unpaired) electrons. The minimum Gasteiger partial charge on any atom is -0.397 e. The summed E-state index contributed by atoms with van der Waals surface area (Å²) in [6.07, 6.45) is 0. The van der Waals surface area contributed by atoms with Crippen LogP contribution in [0, 0.1) is 0 Å². The van der Waals surface area contributed by atoms with Gasteiger partial charge in [-0.1, -0.05) is 6.92 Å². The molecule has 0 spiro atoms. The van der Waals surface area contributed by atoms with Crippen molar-refractivity contribution in [2.24, 2.45) is 5.73 Å². The summed E-state index contributed by atoms with van der Waals surface area (Å²) in [5.74, 6) is 0.356. The average Bonchev–Trinajstić information content (AvgIpc) is 2.11. The van der Waals surface area contributed by atoms with Crippen LogP contribution in [0.15, 0.2) is 17.0 Å². The molecule has 0 bridgehead atoms. The Morgan fingerprint density at radius 2 is 2.07 bits per heavy atom. The maximum Gasteiger partial charge on any atom is 0.250 e. The van der Waals surface area contributed by atoms with Crippen LogP contribution in [0.4, 0.5) is 11.4 Å². The second-order valence-corrected chi connectivity index (χ2v) is 4.11. The highest BCUT2D eigenvalue weighted by atomic mass is 32.2. The fourth-order valence-corrected chi connectivity index (χ4v) is 1.85. The van der Waals surface area contributed by atoms with E-state index in [1.165, 1.54) is 0 Å². The van der Waals surface area contributed by atoms with E-state index in [4.69, 9.17) is 17.2 Å². The zero-order chi connectivity index (χ0) is 10.7. The number of hydrogen-bond donors (Lipinski definition) is 3. The third-order valence-electron chi connectivity index (χ3n) is 1.76.